The summed E-state index contributed by atoms with van der Waals surface area (Å²) in [5, 5.41) is 6.84. The van der Waals surface area contributed by atoms with Crippen LogP contribution in [0.2, 0.25) is 0 Å². The molecule has 0 aliphatic rings. The average Bonchev–Trinajstić information content (AvgIpc) is 2.60. The van der Waals surface area contributed by atoms with Gasteiger partial charge in [-0.3, -0.25) is 4.79 Å². The van der Waals surface area contributed by atoms with Crippen LogP contribution in [0.4, 0.5) is 13.2 Å². The maximum atomic E-state index is 12.8. The quantitative estimate of drug-likeness (QED) is 0.791. The van der Waals surface area contributed by atoms with Crippen LogP contribution in [-0.2, 0) is 23.9 Å². The predicted molar refractivity (Wildman–Crippen MR) is 57.4 cm³/mol. The van der Waals surface area contributed by atoms with Crippen LogP contribution in [0.1, 0.15) is 37.6 Å². The van der Waals surface area contributed by atoms with Crippen molar-refractivity contribution in [2.24, 2.45) is 5.73 Å². The highest BCUT2D eigenvalue weighted by Crippen LogP contribution is 2.31. The number of hydrogen-bond acceptors (Lipinski definition) is 3. The minimum absolute atomic E-state index is 0.133. The van der Waals surface area contributed by atoms with E-state index in [1.807, 2.05) is 6.92 Å². The highest BCUT2D eigenvalue weighted by molar-refractivity contribution is 5.76. The molecule has 5 nitrogen and oxygen atoms in total. The summed E-state index contributed by atoms with van der Waals surface area (Å²) in [6.07, 6.45) is -2.85. The van der Waals surface area contributed by atoms with Gasteiger partial charge in [0.25, 0.3) is 0 Å². The second-order valence-electron chi connectivity index (χ2n) is 3.96. The van der Waals surface area contributed by atoms with Gasteiger partial charge >= 0.3 is 6.18 Å². The van der Waals surface area contributed by atoms with Gasteiger partial charge in [-0.05, 0) is 6.42 Å². The summed E-state index contributed by atoms with van der Waals surface area (Å²) in [7, 11) is 0. The van der Waals surface area contributed by atoms with E-state index < -0.39 is 29.9 Å². The van der Waals surface area contributed by atoms with Crippen molar-refractivity contribution in [1.82, 2.24) is 15.0 Å². The number of alkyl halides is 3. The first-order chi connectivity index (χ1) is 8.36. The van der Waals surface area contributed by atoms with E-state index >= 15 is 0 Å². The minimum atomic E-state index is -4.58. The molecule has 102 valence electrons. The Kier molecular flexibility index (Phi) is 4.69. The van der Waals surface area contributed by atoms with Gasteiger partial charge in [0.2, 0.25) is 5.91 Å². The number of nitrogens with zero attached hydrogens (tertiary/aromatic N) is 3. The Morgan fingerprint density at radius 1 is 1.39 bits per heavy atom. The van der Waals surface area contributed by atoms with E-state index in [9.17, 15) is 18.0 Å². The molecule has 8 heteroatoms. The number of nitrogens with two attached hydrogens (primary N) is 1. The summed E-state index contributed by atoms with van der Waals surface area (Å²) in [6, 6.07) is 0. The van der Waals surface area contributed by atoms with Crippen molar-refractivity contribution in [3.8, 4) is 0 Å². The van der Waals surface area contributed by atoms with Gasteiger partial charge in [0.1, 0.15) is 5.69 Å². The van der Waals surface area contributed by atoms with Crippen molar-refractivity contribution in [2.45, 2.75) is 45.3 Å². The maximum absolute atomic E-state index is 12.8. The number of aryl methyl sites for hydroxylation is 1. The largest absolute Gasteiger partial charge is 0.434 e. The number of hydrogen-bond donors (Lipinski definition) is 1. The van der Waals surface area contributed by atoms with Crippen LogP contribution in [0.25, 0.3) is 0 Å². The molecule has 0 bridgehead atoms. The number of rotatable bonds is 6. The lowest BCUT2D eigenvalue weighted by Gasteiger charge is -2.10. The molecule has 1 aromatic heterocycles. The molecule has 0 spiro atoms. The molecule has 0 saturated heterocycles. The smallest absolute Gasteiger partial charge is 0.369 e. The summed E-state index contributed by atoms with van der Waals surface area (Å²) in [4.78, 5) is 10.7. The van der Waals surface area contributed by atoms with Gasteiger partial charge in [-0.2, -0.15) is 13.2 Å². The van der Waals surface area contributed by atoms with E-state index in [-0.39, 0.29) is 6.54 Å². The first kappa shape index (κ1) is 14.5. The number of primary amides is 1. The molecule has 1 heterocycles. The van der Waals surface area contributed by atoms with Crippen molar-refractivity contribution in [2.75, 3.05) is 0 Å². The van der Waals surface area contributed by atoms with E-state index in [2.05, 4.69) is 10.3 Å². The number of halogens is 3. The molecule has 1 amide bonds. The number of carbonyl (C=O) groups excluding carboxylic acids is 1. The molecule has 0 aliphatic carbocycles. The van der Waals surface area contributed by atoms with E-state index in [1.165, 1.54) is 0 Å². The Bertz CT molecular complexity index is 414. The van der Waals surface area contributed by atoms with E-state index in [0.717, 1.165) is 17.5 Å². The molecular formula is C10H15F3N4O. The van der Waals surface area contributed by atoms with Crippen LogP contribution in [0.15, 0.2) is 0 Å². The van der Waals surface area contributed by atoms with E-state index in [4.69, 9.17) is 5.73 Å². The number of amides is 1. The van der Waals surface area contributed by atoms with Gasteiger partial charge in [0, 0.05) is 6.54 Å². The van der Waals surface area contributed by atoms with Crippen molar-refractivity contribution >= 4 is 5.91 Å². The SMILES string of the molecule is CCCCCn1nnc(CC(N)=O)c1C(F)(F)F. The molecule has 0 unspecified atom stereocenters. The van der Waals surface area contributed by atoms with Crippen molar-refractivity contribution in [3.63, 3.8) is 0 Å². The van der Waals surface area contributed by atoms with Crippen LogP contribution in [-0.4, -0.2) is 20.9 Å². The molecule has 18 heavy (non-hydrogen) atoms. The third kappa shape index (κ3) is 3.71. The molecule has 0 aliphatic heterocycles. The van der Waals surface area contributed by atoms with Gasteiger partial charge in [-0.1, -0.05) is 25.0 Å². The zero-order valence-electron chi connectivity index (χ0n) is 10.00. The summed E-state index contributed by atoms with van der Waals surface area (Å²) in [5.41, 5.74) is 3.50. The third-order valence-corrected chi connectivity index (χ3v) is 2.39. The van der Waals surface area contributed by atoms with Crippen LogP contribution in [0.3, 0.4) is 0 Å². The highest BCUT2D eigenvalue weighted by Gasteiger charge is 2.39. The summed E-state index contributed by atoms with van der Waals surface area (Å²) in [6.45, 7) is 2.08. The highest BCUT2D eigenvalue weighted by atomic mass is 19.4. The lowest BCUT2D eigenvalue weighted by atomic mass is 10.2. The standard InChI is InChI=1S/C10H15F3N4O/c1-2-3-4-5-17-9(10(11,12)13)7(15-16-17)6-8(14)18/h2-6H2,1H3,(H2,14,18). The topological polar surface area (TPSA) is 73.8 Å². The van der Waals surface area contributed by atoms with Gasteiger partial charge in [0.15, 0.2) is 5.69 Å². The number of unbranched alkanes of at least 4 members (excludes halogenated alkanes) is 2. The van der Waals surface area contributed by atoms with E-state index in [0.29, 0.717) is 6.42 Å². The summed E-state index contributed by atoms with van der Waals surface area (Å²) in [5.74, 6) is -0.860. The lowest BCUT2D eigenvalue weighted by molar-refractivity contribution is -0.145. The fourth-order valence-electron chi connectivity index (χ4n) is 1.61. The first-order valence-electron chi connectivity index (χ1n) is 5.64. The Labute approximate surface area is 102 Å². The zero-order valence-corrected chi connectivity index (χ0v) is 10.00. The Morgan fingerprint density at radius 2 is 2.06 bits per heavy atom. The molecule has 0 radical (unpaired) electrons. The second kappa shape index (κ2) is 5.83. The van der Waals surface area contributed by atoms with Gasteiger partial charge in [0.05, 0.1) is 6.42 Å². The summed E-state index contributed by atoms with van der Waals surface area (Å²) < 4.78 is 39.3. The normalized spacial score (nSPS) is 11.8. The van der Waals surface area contributed by atoms with Crippen LogP contribution < -0.4 is 5.73 Å². The predicted octanol–water partition coefficient (Wildman–Crippen LogP) is 1.51. The maximum Gasteiger partial charge on any atom is 0.434 e. The summed E-state index contributed by atoms with van der Waals surface area (Å²) >= 11 is 0. The third-order valence-electron chi connectivity index (χ3n) is 2.39. The van der Waals surface area contributed by atoms with Gasteiger partial charge in [-0.15, -0.1) is 5.10 Å². The van der Waals surface area contributed by atoms with Crippen molar-refractivity contribution in [3.05, 3.63) is 11.4 Å². The molecule has 0 fully saturated rings. The van der Waals surface area contributed by atoms with Crippen LogP contribution in [0.5, 0.6) is 0 Å². The van der Waals surface area contributed by atoms with Gasteiger partial charge in [-0.25, -0.2) is 4.68 Å². The van der Waals surface area contributed by atoms with Crippen LogP contribution >= 0.6 is 0 Å². The monoisotopic (exact) mass is 264 g/mol. The van der Waals surface area contributed by atoms with Crippen molar-refractivity contribution < 1.29 is 18.0 Å². The lowest BCUT2D eigenvalue weighted by Crippen LogP contribution is -2.20. The Hall–Kier alpha value is -1.60. The Balaban J connectivity index is 2.96. The minimum Gasteiger partial charge on any atom is -0.369 e. The van der Waals surface area contributed by atoms with E-state index in [1.54, 1.807) is 0 Å². The molecule has 1 aromatic rings. The number of carbonyl (C=O) groups is 1. The van der Waals surface area contributed by atoms with Gasteiger partial charge < -0.3 is 5.73 Å². The van der Waals surface area contributed by atoms with Crippen LogP contribution in [0, 0.1) is 0 Å². The Morgan fingerprint density at radius 3 is 2.56 bits per heavy atom. The zero-order chi connectivity index (χ0) is 13.8. The molecule has 2 N–H and O–H groups in total. The average molecular weight is 264 g/mol. The molecule has 0 aromatic carbocycles. The second-order valence-corrected chi connectivity index (χ2v) is 3.96. The fraction of sp³-hybridized carbons (Fsp3) is 0.700. The first-order valence-corrected chi connectivity index (χ1v) is 5.64. The molecular weight excluding hydrogens is 249 g/mol. The molecule has 0 saturated carbocycles. The molecule has 1 rings (SSSR count). The van der Waals surface area contributed by atoms with Crippen molar-refractivity contribution in [1.29, 1.82) is 0 Å². The number of aromatic nitrogens is 3. The fourth-order valence-corrected chi connectivity index (χ4v) is 1.61. The molecule has 0 atom stereocenters.